The molecule has 1 atom stereocenters. The van der Waals surface area contributed by atoms with Crippen LogP contribution in [0.4, 0.5) is 5.69 Å². The summed E-state index contributed by atoms with van der Waals surface area (Å²) < 4.78 is 33.5. The minimum atomic E-state index is -3.91. The van der Waals surface area contributed by atoms with Crippen LogP contribution in [0.3, 0.4) is 0 Å². The van der Waals surface area contributed by atoms with Gasteiger partial charge in [0.1, 0.15) is 16.0 Å². The van der Waals surface area contributed by atoms with Crippen molar-refractivity contribution >= 4 is 38.9 Å². The molecule has 170 valence electrons. The molecule has 2 aliphatic rings. The number of carbonyl (C=O) groups excluding carboxylic acids is 2. The number of ether oxygens (including phenoxy) is 1. The number of thiophene rings is 1. The number of anilines is 1. The molecule has 7 nitrogen and oxygen atoms in total. The van der Waals surface area contributed by atoms with Crippen LogP contribution < -0.4 is 9.64 Å². The smallest absolute Gasteiger partial charge is 0.253 e. The summed E-state index contributed by atoms with van der Waals surface area (Å²) >= 11 is 1.11. The van der Waals surface area contributed by atoms with Gasteiger partial charge in [-0.3, -0.25) is 9.59 Å². The summed E-state index contributed by atoms with van der Waals surface area (Å²) in [4.78, 5) is 27.2. The van der Waals surface area contributed by atoms with E-state index in [4.69, 9.17) is 4.74 Å². The van der Waals surface area contributed by atoms with E-state index in [2.05, 4.69) is 6.08 Å². The van der Waals surface area contributed by atoms with Gasteiger partial charge in [-0.2, -0.15) is 4.31 Å². The van der Waals surface area contributed by atoms with E-state index in [1.54, 1.807) is 35.7 Å². The number of rotatable bonds is 8. The third-order valence-electron chi connectivity index (χ3n) is 5.90. The Labute approximate surface area is 192 Å². The summed E-state index contributed by atoms with van der Waals surface area (Å²) in [5.41, 5.74) is 1.62. The highest BCUT2D eigenvalue weighted by atomic mass is 32.2. The highest BCUT2D eigenvalue weighted by Crippen LogP contribution is 2.32. The molecule has 1 aliphatic carbocycles. The number of benzene rings is 1. The molecule has 1 unspecified atom stereocenters. The number of carbonyl (C=O) groups is 2. The first-order chi connectivity index (χ1) is 15.4. The third kappa shape index (κ3) is 4.51. The molecule has 1 aliphatic heterocycles. The lowest BCUT2D eigenvalue weighted by molar-refractivity contribution is -0.122. The van der Waals surface area contributed by atoms with E-state index in [9.17, 15) is 18.0 Å². The largest absolute Gasteiger partial charge is 0.497 e. The molecule has 1 aromatic carbocycles. The molecule has 0 radical (unpaired) electrons. The summed E-state index contributed by atoms with van der Waals surface area (Å²) in [6.07, 6.45) is 6.74. The Morgan fingerprint density at radius 2 is 1.94 bits per heavy atom. The second-order valence-corrected chi connectivity index (χ2v) is 11.0. The number of imide groups is 1. The molecular formula is C23H26N2O5S2. The van der Waals surface area contributed by atoms with Gasteiger partial charge in [0.2, 0.25) is 5.91 Å². The van der Waals surface area contributed by atoms with E-state index in [1.165, 1.54) is 23.1 Å². The zero-order valence-electron chi connectivity index (χ0n) is 17.9. The van der Waals surface area contributed by atoms with Crippen LogP contribution >= 0.6 is 11.3 Å². The van der Waals surface area contributed by atoms with Crippen molar-refractivity contribution in [2.24, 2.45) is 0 Å². The average molecular weight is 475 g/mol. The van der Waals surface area contributed by atoms with Gasteiger partial charge in [-0.25, -0.2) is 13.3 Å². The number of nitrogens with zero attached hydrogens (tertiary/aromatic N) is 2. The Hall–Kier alpha value is -2.49. The molecular weight excluding hydrogens is 448 g/mol. The molecule has 0 bridgehead atoms. The maximum absolute atomic E-state index is 13.5. The number of sulfonamides is 1. The van der Waals surface area contributed by atoms with Gasteiger partial charge in [0.05, 0.1) is 19.2 Å². The van der Waals surface area contributed by atoms with Crippen molar-refractivity contribution in [2.45, 2.75) is 48.8 Å². The Morgan fingerprint density at radius 3 is 2.56 bits per heavy atom. The predicted octanol–water partition coefficient (Wildman–Crippen LogP) is 3.97. The molecule has 2 aromatic rings. The van der Waals surface area contributed by atoms with E-state index in [1.807, 2.05) is 0 Å². The minimum Gasteiger partial charge on any atom is -0.497 e. The predicted molar refractivity (Wildman–Crippen MR) is 123 cm³/mol. The van der Waals surface area contributed by atoms with Gasteiger partial charge in [-0.05, 0) is 67.8 Å². The Bertz CT molecular complexity index is 1110. The lowest BCUT2D eigenvalue weighted by atomic mass is 9.97. The molecule has 1 saturated heterocycles. The summed E-state index contributed by atoms with van der Waals surface area (Å²) in [7, 11) is -2.38. The first kappa shape index (κ1) is 22.7. The summed E-state index contributed by atoms with van der Waals surface area (Å²) in [6, 6.07) is 8.74. The molecule has 2 amide bonds. The third-order valence-corrected chi connectivity index (χ3v) is 9.18. The maximum atomic E-state index is 13.5. The highest BCUT2D eigenvalue weighted by molar-refractivity contribution is 7.91. The first-order valence-electron chi connectivity index (χ1n) is 10.7. The van der Waals surface area contributed by atoms with Crippen LogP contribution in [-0.2, 0) is 19.6 Å². The SMILES string of the molecule is COc1ccc(N2C(=O)CC(N(CCC3=CCCCC3)S(=O)(=O)c3cccs3)C2=O)cc1. The van der Waals surface area contributed by atoms with E-state index >= 15 is 0 Å². The van der Waals surface area contributed by atoms with Crippen molar-refractivity contribution in [3.8, 4) is 5.75 Å². The number of hydrogen-bond acceptors (Lipinski definition) is 6. The maximum Gasteiger partial charge on any atom is 0.253 e. The number of hydrogen-bond donors (Lipinski definition) is 0. The van der Waals surface area contributed by atoms with Crippen LogP contribution in [0.25, 0.3) is 0 Å². The Kier molecular flexibility index (Phi) is 6.78. The van der Waals surface area contributed by atoms with Crippen molar-refractivity contribution in [3.05, 3.63) is 53.4 Å². The minimum absolute atomic E-state index is 0.172. The molecule has 4 rings (SSSR count). The van der Waals surface area contributed by atoms with Gasteiger partial charge in [0.25, 0.3) is 15.9 Å². The van der Waals surface area contributed by atoms with E-state index in [0.29, 0.717) is 17.9 Å². The molecule has 0 N–H and O–H groups in total. The van der Waals surface area contributed by atoms with Crippen molar-refractivity contribution < 1.29 is 22.7 Å². The monoisotopic (exact) mass is 474 g/mol. The summed E-state index contributed by atoms with van der Waals surface area (Å²) in [6.45, 7) is 0.173. The van der Waals surface area contributed by atoms with Gasteiger partial charge < -0.3 is 4.74 Å². The zero-order valence-corrected chi connectivity index (χ0v) is 19.5. The van der Waals surface area contributed by atoms with Crippen molar-refractivity contribution in [1.82, 2.24) is 4.31 Å². The van der Waals surface area contributed by atoms with Crippen LogP contribution in [0.5, 0.6) is 5.75 Å². The second kappa shape index (κ2) is 9.56. The molecule has 1 fully saturated rings. The van der Waals surface area contributed by atoms with Gasteiger partial charge in [0, 0.05) is 6.54 Å². The van der Waals surface area contributed by atoms with Crippen LogP contribution in [0, 0.1) is 0 Å². The molecule has 32 heavy (non-hydrogen) atoms. The zero-order chi connectivity index (χ0) is 22.7. The molecule has 2 heterocycles. The standard InChI is InChI=1S/C23H26N2O5S2/c1-30-19-11-9-18(10-12-19)25-21(26)16-20(23(25)27)24(14-13-17-6-3-2-4-7-17)32(28,29)22-8-5-15-31-22/h5-6,8-12,15,20H,2-4,7,13-14,16H2,1H3. The highest BCUT2D eigenvalue weighted by Gasteiger charge is 2.47. The summed E-state index contributed by atoms with van der Waals surface area (Å²) in [5, 5.41) is 1.69. The van der Waals surface area contributed by atoms with E-state index < -0.39 is 27.9 Å². The number of methoxy groups -OCH3 is 1. The van der Waals surface area contributed by atoms with Crippen LogP contribution in [-0.4, -0.2) is 44.2 Å². The van der Waals surface area contributed by atoms with Gasteiger partial charge in [0.15, 0.2) is 0 Å². The van der Waals surface area contributed by atoms with Gasteiger partial charge in [-0.1, -0.05) is 17.7 Å². The number of amides is 2. The second-order valence-electron chi connectivity index (χ2n) is 7.89. The fourth-order valence-electron chi connectivity index (χ4n) is 4.20. The molecule has 0 saturated carbocycles. The van der Waals surface area contributed by atoms with Crippen molar-refractivity contribution in [1.29, 1.82) is 0 Å². The fraction of sp³-hybridized carbons (Fsp3) is 0.391. The topological polar surface area (TPSA) is 84.0 Å². The van der Waals surface area contributed by atoms with Crippen LogP contribution in [0.2, 0.25) is 0 Å². The summed E-state index contributed by atoms with van der Waals surface area (Å²) in [5.74, 6) is -0.321. The van der Waals surface area contributed by atoms with E-state index in [0.717, 1.165) is 41.9 Å². The van der Waals surface area contributed by atoms with Gasteiger partial charge >= 0.3 is 0 Å². The fourth-order valence-corrected chi connectivity index (χ4v) is 6.90. The Morgan fingerprint density at radius 1 is 1.16 bits per heavy atom. The van der Waals surface area contributed by atoms with Crippen molar-refractivity contribution in [2.75, 3.05) is 18.6 Å². The quantitative estimate of drug-likeness (QED) is 0.427. The van der Waals surface area contributed by atoms with Crippen LogP contribution in [0.1, 0.15) is 38.5 Å². The first-order valence-corrected chi connectivity index (χ1v) is 13.0. The molecule has 9 heteroatoms. The van der Waals surface area contributed by atoms with Crippen molar-refractivity contribution in [3.63, 3.8) is 0 Å². The average Bonchev–Trinajstić information content (AvgIpc) is 3.44. The van der Waals surface area contributed by atoms with Crippen LogP contribution in [0.15, 0.2) is 57.6 Å². The number of allylic oxidation sites excluding steroid dienone is 1. The normalized spacial score (nSPS) is 19.5. The van der Waals surface area contributed by atoms with Gasteiger partial charge in [-0.15, -0.1) is 11.3 Å². The lowest BCUT2D eigenvalue weighted by Crippen LogP contribution is -2.45. The molecule has 1 aromatic heterocycles. The molecule has 0 spiro atoms. The Balaban J connectivity index is 1.63. The lowest BCUT2D eigenvalue weighted by Gasteiger charge is -2.27. The van der Waals surface area contributed by atoms with E-state index in [-0.39, 0.29) is 17.2 Å².